The molecule has 0 aliphatic carbocycles. The zero-order valence-corrected chi connectivity index (χ0v) is 15.6. The second-order valence-corrected chi connectivity index (χ2v) is 7.08. The van der Waals surface area contributed by atoms with Gasteiger partial charge in [0.25, 0.3) is 0 Å². The van der Waals surface area contributed by atoms with Crippen LogP contribution in [0.2, 0.25) is 5.02 Å². The minimum atomic E-state index is -0.176. The number of nitrogens with zero attached hydrogens (tertiary/aromatic N) is 3. The van der Waals surface area contributed by atoms with E-state index in [1.807, 2.05) is 36.4 Å². The molecule has 1 saturated heterocycles. The summed E-state index contributed by atoms with van der Waals surface area (Å²) in [7, 11) is 0. The van der Waals surface area contributed by atoms with Crippen LogP contribution in [0.4, 0.5) is 5.69 Å². The average Bonchev–Trinajstić information content (AvgIpc) is 3.35. The zero-order chi connectivity index (χ0) is 19.1. The first-order chi connectivity index (χ1) is 13.7. The van der Waals surface area contributed by atoms with Gasteiger partial charge in [-0.05, 0) is 24.3 Å². The summed E-state index contributed by atoms with van der Waals surface area (Å²) in [6.45, 7) is 1.49. The average molecular weight is 398 g/mol. The van der Waals surface area contributed by atoms with E-state index >= 15 is 0 Å². The number of rotatable bonds is 3. The van der Waals surface area contributed by atoms with Crippen LogP contribution in [-0.4, -0.2) is 35.8 Å². The van der Waals surface area contributed by atoms with Gasteiger partial charge in [0, 0.05) is 30.3 Å². The number of hydrogen-bond donors (Lipinski definition) is 0. The van der Waals surface area contributed by atoms with E-state index < -0.39 is 0 Å². The summed E-state index contributed by atoms with van der Waals surface area (Å²) < 4.78 is 16.6. The first-order valence-electron chi connectivity index (χ1n) is 8.97. The van der Waals surface area contributed by atoms with E-state index in [9.17, 15) is 4.79 Å². The number of amides is 1. The molecule has 2 aromatic carbocycles. The fourth-order valence-electron chi connectivity index (χ4n) is 3.48. The van der Waals surface area contributed by atoms with Crippen molar-refractivity contribution in [3.05, 3.63) is 53.4 Å². The monoisotopic (exact) mass is 397 g/mol. The number of aromatic nitrogens is 2. The van der Waals surface area contributed by atoms with Gasteiger partial charge in [-0.25, -0.2) is 0 Å². The number of hydrogen-bond acceptors (Lipinski definition) is 6. The predicted molar refractivity (Wildman–Crippen MR) is 102 cm³/mol. The minimum absolute atomic E-state index is 0.000767. The summed E-state index contributed by atoms with van der Waals surface area (Å²) in [5.74, 6) is 2.02. The molecule has 0 saturated carbocycles. The predicted octanol–water partition coefficient (Wildman–Crippen LogP) is 3.68. The highest BCUT2D eigenvalue weighted by molar-refractivity contribution is 6.33. The number of carbonyl (C=O) groups is 1. The topological polar surface area (TPSA) is 77.7 Å². The second kappa shape index (κ2) is 6.83. The quantitative estimate of drug-likeness (QED) is 0.670. The van der Waals surface area contributed by atoms with Crippen molar-refractivity contribution in [2.45, 2.75) is 12.3 Å². The molecule has 0 bridgehead atoms. The normalized spacial score (nSPS) is 18.5. The zero-order valence-electron chi connectivity index (χ0n) is 14.8. The number of ether oxygens (including phenoxy) is 2. The second-order valence-electron chi connectivity index (χ2n) is 6.67. The lowest BCUT2D eigenvalue weighted by Gasteiger charge is -2.22. The van der Waals surface area contributed by atoms with Crippen molar-refractivity contribution in [2.24, 2.45) is 0 Å². The van der Waals surface area contributed by atoms with Crippen LogP contribution in [0, 0.1) is 0 Å². The molecule has 1 aromatic heterocycles. The Hall–Kier alpha value is -3.06. The van der Waals surface area contributed by atoms with Gasteiger partial charge in [-0.1, -0.05) is 28.9 Å². The van der Waals surface area contributed by atoms with E-state index in [1.165, 1.54) is 0 Å². The Morgan fingerprint density at radius 3 is 2.75 bits per heavy atom. The molecule has 1 unspecified atom stereocenters. The lowest BCUT2D eigenvalue weighted by Crippen LogP contribution is -2.24. The SMILES string of the molecule is O=C1CC(c2nc(-c3ccccc3Cl)no2)CN1c1ccc2c(c1)OCCO2. The molecular formula is C20H16ClN3O4. The van der Waals surface area contributed by atoms with Crippen LogP contribution in [0.25, 0.3) is 11.4 Å². The highest BCUT2D eigenvalue weighted by Gasteiger charge is 2.35. The highest BCUT2D eigenvalue weighted by Crippen LogP contribution is 2.38. The van der Waals surface area contributed by atoms with Crippen molar-refractivity contribution in [1.29, 1.82) is 0 Å². The Balaban J connectivity index is 1.38. The van der Waals surface area contributed by atoms with E-state index in [1.54, 1.807) is 11.0 Å². The number of fused-ring (bicyclic) bond motifs is 1. The Morgan fingerprint density at radius 1 is 1.07 bits per heavy atom. The van der Waals surface area contributed by atoms with Gasteiger partial charge in [0.1, 0.15) is 13.2 Å². The van der Waals surface area contributed by atoms with Gasteiger partial charge in [0.15, 0.2) is 11.5 Å². The molecule has 1 fully saturated rings. The lowest BCUT2D eigenvalue weighted by atomic mass is 10.1. The van der Waals surface area contributed by atoms with Crippen molar-refractivity contribution >= 4 is 23.2 Å². The van der Waals surface area contributed by atoms with Crippen molar-refractivity contribution in [3.8, 4) is 22.9 Å². The van der Waals surface area contributed by atoms with Crippen molar-refractivity contribution in [1.82, 2.24) is 10.1 Å². The molecule has 3 heterocycles. The van der Waals surface area contributed by atoms with Crippen LogP contribution in [0.3, 0.4) is 0 Å². The van der Waals surface area contributed by atoms with Gasteiger partial charge >= 0.3 is 0 Å². The summed E-state index contributed by atoms with van der Waals surface area (Å²) in [5, 5.41) is 4.59. The smallest absolute Gasteiger partial charge is 0.232 e. The molecular weight excluding hydrogens is 382 g/mol. The molecule has 3 aromatic rings. The Kier molecular flexibility index (Phi) is 4.16. The standard InChI is InChI=1S/C20H16ClN3O4/c21-15-4-2-1-3-14(15)19-22-20(28-23-19)12-9-18(25)24(11-12)13-5-6-16-17(10-13)27-8-7-26-16/h1-6,10,12H,7-9,11H2. The summed E-state index contributed by atoms with van der Waals surface area (Å²) in [4.78, 5) is 18.8. The Morgan fingerprint density at radius 2 is 1.89 bits per heavy atom. The highest BCUT2D eigenvalue weighted by atomic mass is 35.5. The van der Waals surface area contributed by atoms with E-state index in [0.29, 0.717) is 60.0 Å². The number of benzene rings is 2. The summed E-state index contributed by atoms with van der Waals surface area (Å²) >= 11 is 6.21. The van der Waals surface area contributed by atoms with Crippen molar-refractivity contribution < 1.29 is 18.8 Å². The third-order valence-electron chi connectivity index (χ3n) is 4.87. The van der Waals surface area contributed by atoms with E-state index in [2.05, 4.69) is 10.1 Å². The molecule has 28 heavy (non-hydrogen) atoms. The van der Waals surface area contributed by atoms with Gasteiger partial charge in [0.05, 0.1) is 10.9 Å². The van der Waals surface area contributed by atoms with Gasteiger partial charge in [-0.2, -0.15) is 4.98 Å². The third kappa shape index (κ3) is 2.97. The lowest BCUT2D eigenvalue weighted by molar-refractivity contribution is -0.117. The van der Waals surface area contributed by atoms with E-state index in [0.717, 1.165) is 5.69 Å². The third-order valence-corrected chi connectivity index (χ3v) is 5.20. The molecule has 8 heteroatoms. The molecule has 5 rings (SSSR count). The van der Waals surface area contributed by atoms with Crippen LogP contribution >= 0.6 is 11.6 Å². The molecule has 1 atom stereocenters. The molecule has 1 amide bonds. The van der Waals surface area contributed by atoms with Crippen LogP contribution < -0.4 is 14.4 Å². The number of halogens is 1. The molecule has 0 spiro atoms. The molecule has 2 aliphatic rings. The van der Waals surface area contributed by atoms with Gasteiger partial charge in [-0.15, -0.1) is 0 Å². The van der Waals surface area contributed by atoms with Gasteiger partial charge < -0.3 is 18.9 Å². The molecule has 0 N–H and O–H groups in total. The molecule has 7 nitrogen and oxygen atoms in total. The number of carbonyl (C=O) groups excluding carboxylic acids is 1. The fraction of sp³-hybridized carbons (Fsp3) is 0.250. The first-order valence-corrected chi connectivity index (χ1v) is 9.35. The largest absolute Gasteiger partial charge is 0.486 e. The van der Waals surface area contributed by atoms with Crippen molar-refractivity contribution in [3.63, 3.8) is 0 Å². The first kappa shape index (κ1) is 17.1. The van der Waals surface area contributed by atoms with Gasteiger partial charge in [-0.3, -0.25) is 4.79 Å². The summed E-state index contributed by atoms with van der Waals surface area (Å²) in [5.41, 5.74) is 1.47. The van der Waals surface area contributed by atoms with E-state index in [-0.39, 0.29) is 11.8 Å². The summed E-state index contributed by atoms with van der Waals surface area (Å²) in [6, 6.07) is 12.8. The minimum Gasteiger partial charge on any atom is -0.486 e. The Bertz CT molecular complexity index is 1050. The maximum Gasteiger partial charge on any atom is 0.232 e. The van der Waals surface area contributed by atoms with E-state index in [4.69, 9.17) is 25.6 Å². The van der Waals surface area contributed by atoms with Crippen LogP contribution in [0.5, 0.6) is 11.5 Å². The number of anilines is 1. The van der Waals surface area contributed by atoms with Gasteiger partial charge in [0.2, 0.25) is 17.6 Å². The maximum absolute atomic E-state index is 12.6. The van der Waals surface area contributed by atoms with Crippen LogP contribution in [0.1, 0.15) is 18.2 Å². The maximum atomic E-state index is 12.6. The Labute approximate surface area is 165 Å². The summed E-state index contributed by atoms with van der Waals surface area (Å²) in [6.07, 6.45) is 0.304. The van der Waals surface area contributed by atoms with Crippen molar-refractivity contribution in [2.75, 3.05) is 24.7 Å². The van der Waals surface area contributed by atoms with Crippen LogP contribution in [0.15, 0.2) is 47.0 Å². The molecule has 142 valence electrons. The molecule has 0 radical (unpaired) electrons. The molecule has 2 aliphatic heterocycles. The van der Waals surface area contributed by atoms with Crippen LogP contribution in [-0.2, 0) is 4.79 Å². The fourth-order valence-corrected chi connectivity index (χ4v) is 3.70.